The van der Waals surface area contributed by atoms with E-state index in [-0.39, 0.29) is 12.1 Å². The molecule has 1 aromatic rings. The Hall–Kier alpha value is -1.02. The zero-order chi connectivity index (χ0) is 14.4. The normalized spacial score (nSPS) is 37.0. The van der Waals surface area contributed by atoms with Crippen LogP contribution in [0, 0.1) is 6.92 Å². The maximum absolute atomic E-state index is 8.06. The number of nitrogens with zero attached hydrogens (tertiary/aromatic N) is 1. The third-order valence-electron chi connectivity index (χ3n) is 3.17. The average molecular weight is 208 g/mol. The van der Waals surface area contributed by atoms with Gasteiger partial charge >= 0.3 is 0 Å². The van der Waals surface area contributed by atoms with E-state index < -0.39 is 13.0 Å². The lowest BCUT2D eigenvalue weighted by molar-refractivity contribution is 0.580. The van der Waals surface area contributed by atoms with Gasteiger partial charge in [0.25, 0.3) is 0 Å². The van der Waals surface area contributed by atoms with Gasteiger partial charge in [0.05, 0.1) is 6.17 Å². The molecule has 1 aliphatic rings. The molecule has 0 aromatic heterocycles. The van der Waals surface area contributed by atoms with Crippen molar-refractivity contribution in [2.45, 2.75) is 45.9 Å². The van der Waals surface area contributed by atoms with Crippen molar-refractivity contribution >= 4 is 5.69 Å². The standard InChI is InChI=1S/C13H20N2/c1-9-7-5-6-8-13(9)15-11(3)10(2)14-12(15)4/h5-8,10-12,14H,1-4H3/t10?,11-,12?/m0/s1/i4D3/hD. The maximum Gasteiger partial charge on any atom is 0.125 e. The van der Waals surface area contributed by atoms with Crippen LogP contribution >= 0.6 is 0 Å². The Morgan fingerprint density at radius 2 is 2.13 bits per heavy atom. The van der Waals surface area contributed by atoms with Gasteiger partial charge in [-0.1, -0.05) is 18.2 Å². The molecule has 1 saturated heterocycles. The van der Waals surface area contributed by atoms with E-state index in [9.17, 15) is 0 Å². The Morgan fingerprint density at radius 3 is 2.80 bits per heavy atom. The van der Waals surface area contributed by atoms with Crippen molar-refractivity contribution in [3.05, 3.63) is 29.8 Å². The largest absolute Gasteiger partial charge is 0.352 e. The summed E-state index contributed by atoms with van der Waals surface area (Å²) in [6.45, 7) is 3.64. The van der Waals surface area contributed by atoms with Gasteiger partial charge in [-0.05, 0) is 39.3 Å². The summed E-state index contributed by atoms with van der Waals surface area (Å²) in [6, 6.07) is 7.61. The van der Waals surface area contributed by atoms with E-state index in [1.165, 1.54) is 5.31 Å². The smallest absolute Gasteiger partial charge is 0.125 e. The van der Waals surface area contributed by atoms with E-state index in [1.54, 1.807) is 0 Å². The molecule has 15 heavy (non-hydrogen) atoms. The molecule has 1 fully saturated rings. The second-order valence-corrected chi connectivity index (χ2v) is 4.20. The maximum atomic E-state index is 8.06. The highest BCUT2D eigenvalue weighted by Crippen LogP contribution is 2.28. The number of anilines is 1. The highest BCUT2D eigenvalue weighted by Gasteiger charge is 2.33. The predicted octanol–water partition coefficient (Wildman–Crippen LogP) is 2.53. The Kier molecular flexibility index (Phi) is 1.68. The fourth-order valence-electron chi connectivity index (χ4n) is 2.08. The Morgan fingerprint density at radius 1 is 1.40 bits per heavy atom. The van der Waals surface area contributed by atoms with Crippen LogP contribution < -0.4 is 10.2 Å². The van der Waals surface area contributed by atoms with Crippen LogP contribution in [0.1, 0.15) is 30.4 Å². The summed E-state index contributed by atoms with van der Waals surface area (Å²) in [5.41, 5.74) is 1.93. The van der Waals surface area contributed by atoms with Crippen molar-refractivity contribution in [1.29, 1.82) is 0 Å². The molecule has 1 heterocycles. The van der Waals surface area contributed by atoms with Crippen molar-refractivity contribution in [1.82, 2.24) is 5.31 Å². The molecule has 0 saturated carbocycles. The minimum atomic E-state index is -2.21. The molecule has 0 spiro atoms. The lowest BCUT2D eigenvalue weighted by Gasteiger charge is -2.29. The molecular formula is C13H20N2. The first kappa shape index (κ1) is 6.54. The average Bonchev–Trinajstić information content (AvgIpc) is 2.54. The van der Waals surface area contributed by atoms with Crippen LogP contribution in [0.4, 0.5) is 5.69 Å². The molecule has 2 rings (SSSR count). The van der Waals surface area contributed by atoms with Crippen molar-refractivity contribution in [2.24, 2.45) is 0 Å². The van der Waals surface area contributed by atoms with Gasteiger partial charge in [-0.15, -0.1) is 0 Å². The summed E-state index contributed by atoms with van der Waals surface area (Å²) in [4.78, 5) is 1.86. The highest BCUT2D eigenvalue weighted by atomic mass is 15.4. The van der Waals surface area contributed by atoms with Crippen molar-refractivity contribution in [3.63, 3.8) is 0 Å². The van der Waals surface area contributed by atoms with E-state index in [4.69, 9.17) is 5.52 Å². The van der Waals surface area contributed by atoms with Gasteiger partial charge in [-0.2, -0.15) is 0 Å². The van der Waals surface area contributed by atoms with E-state index >= 15 is 0 Å². The number of hydrogen-bond donors (Lipinski definition) is 1. The Bertz CT molecular complexity index is 460. The van der Waals surface area contributed by atoms with Gasteiger partial charge in [0.1, 0.15) is 1.41 Å². The minimum absolute atomic E-state index is 0.0102. The molecule has 2 unspecified atom stereocenters. The van der Waals surface area contributed by atoms with Crippen LogP contribution in [0.15, 0.2) is 24.3 Å². The van der Waals surface area contributed by atoms with Gasteiger partial charge in [0.15, 0.2) is 0 Å². The van der Waals surface area contributed by atoms with Gasteiger partial charge < -0.3 is 4.90 Å². The number of para-hydroxylation sites is 1. The van der Waals surface area contributed by atoms with E-state index in [0.717, 1.165) is 11.3 Å². The monoisotopic (exact) mass is 208 g/mol. The lowest BCUT2D eigenvalue weighted by Crippen LogP contribution is -2.36. The van der Waals surface area contributed by atoms with E-state index in [0.29, 0.717) is 0 Å². The first-order valence-electron chi connectivity index (χ1n) is 7.31. The van der Waals surface area contributed by atoms with Crippen LogP contribution in [-0.4, -0.2) is 18.2 Å². The van der Waals surface area contributed by atoms with E-state index in [1.807, 2.05) is 49.9 Å². The molecule has 82 valence electrons. The first-order valence-corrected chi connectivity index (χ1v) is 5.36. The summed E-state index contributed by atoms with van der Waals surface area (Å²) < 4.78 is 31.2. The molecule has 1 aromatic carbocycles. The summed E-state index contributed by atoms with van der Waals surface area (Å²) in [5, 5.41) is 1.21. The second-order valence-electron chi connectivity index (χ2n) is 4.20. The fraction of sp³-hybridized carbons (Fsp3) is 0.538. The van der Waals surface area contributed by atoms with Gasteiger partial charge in [-0.3, -0.25) is 5.31 Å². The van der Waals surface area contributed by atoms with Gasteiger partial charge in [-0.25, -0.2) is 0 Å². The third-order valence-corrected chi connectivity index (χ3v) is 3.17. The van der Waals surface area contributed by atoms with Crippen molar-refractivity contribution in [2.75, 3.05) is 4.90 Å². The first-order chi connectivity index (χ1) is 8.75. The Labute approximate surface area is 98.0 Å². The van der Waals surface area contributed by atoms with Crippen LogP contribution in [0.25, 0.3) is 0 Å². The molecular weight excluding hydrogens is 184 g/mol. The number of rotatable bonds is 1. The summed E-state index contributed by atoms with van der Waals surface area (Å²) in [6.07, 6.45) is -0.890. The molecule has 2 heteroatoms. The molecule has 0 bridgehead atoms. The van der Waals surface area contributed by atoms with Gasteiger partial charge in [0.2, 0.25) is 0 Å². The second kappa shape index (κ2) is 3.86. The zero-order valence-electron chi connectivity index (χ0n) is 13.4. The summed E-state index contributed by atoms with van der Waals surface area (Å²) in [7, 11) is 0. The fourth-order valence-corrected chi connectivity index (χ4v) is 2.08. The lowest BCUT2D eigenvalue weighted by atomic mass is 10.1. The zero-order valence-corrected chi connectivity index (χ0v) is 9.44. The SMILES string of the molecule is [2H]N1C(C)[C@H](C)N(c2ccccc2C)C1C([2H])([2H])[2H]. The van der Waals surface area contributed by atoms with Crippen LogP contribution in [0.2, 0.25) is 1.41 Å². The van der Waals surface area contributed by atoms with Crippen LogP contribution in [0.3, 0.4) is 0 Å². The Balaban J connectivity index is 2.49. The molecule has 1 N–H and O–H groups in total. The predicted molar refractivity (Wildman–Crippen MR) is 65.2 cm³/mol. The highest BCUT2D eigenvalue weighted by molar-refractivity contribution is 5.55. The third kappa shape index (κ3) is 1.74. The minimum Gasteiger partial charge on any atom is -0.352 e. The molecule has 0 amide bonds. The number of aryl methyl sites for hydroxylation is 1. The van der Waals surface area contributed by atoms with E-state index in [2.05, 4.69) is 0 Å². The van der Waals surface area contributed by atoms with Gasteiger partial charge in [0, 0.05) is 21.9 Å². The quantitative estimate of drug-likeness (QED) is 0.763. The molecule has 0 aliphatic carbocycles. The molecule has 0 radical (unpaired) electrons. The summed E-state index contributed by atoms with van der Waals surface area (Å²) >= 11 is 0. The number of hydrogen-bond acceptors (Lipinski definition) is 2. The van der Waals surface area contributed by atoms with Crippen molar-refractivity contribution in [3.8, 4) is 0 Å². The van der Waals surface area contributed by atoms with Crippen LogP contribution in [-0.2, 0) is 0 Å². The molecule has 3 atom stereocenters. The topological polar surface area (TPSA) is 15.3 Å². The molecule has 2 nitrogen and oxygen atoms in total. The van der Waals surface area contributed by atoms with Crippen molar-refractivity contribution < 1.29 is 5.52 Å². The number of nitrogens with one attached hydrogen (secondary N) is 1. The summed E-state index contributed by atoms with van der Waals surface area (Å²) in [5.74, 6) is 0. The number of benzene rings is 1. The van der Waals surface area contributed by atoms with Crippen LogP contribution in [0.5, 0.6) is 0 Å². The molecule has 1 aliphatic heterocycles.